The Kier molecular flexibility index (Phi) is 5.92. The van der Waals surface area contributed by atoms with Gasteiger partial charge in [0, 0.05) is 22.1 Å². The molecule has 0 spiro atoms. The van der Waals surface area contributed by atoms with E-state index in [0.717, 1.165) is 27.5 Å². The van der Waals surface area contributed by atoms with Gasteiger partial charge >= 0.3 is 0 Å². The fourth-order valence-corrected chi connectivity index (χ4v) is 7.90. The Labute approximate surface area is 284 Å². The predicted molar refractivity (Wildman–Crippen MR) is 204 cm³/mol. The van der Waals surface area contributed by atoms with Crippen LogP contribution in [0.15, 0.2) is 152 Å². The molecule has 1 aliphatic carbocycles. The van der Waals surface area contributed by atoms with Crippen LogP contribution in [0.25, 0.3) is 88.4 Å². The van der Waals surface area contributed by atoms with Crippen LogP contribution in [-0.4, -0.2) is 15.0 Å². The number of rotatable bonds is 3. The zero-order chi connectivity index (χ0) is 32.7. The quantitative estimate of drug-likeness (QED) is 0.183. The second-order valence-corrected chi connectivity index (χ2v) is 13.7. The third-order valence-electron chi connectivity index (χ3n) is 10.5. The lowest BCUT2D eigenvalue weighted by molar-refractivity contribution is 0.661. The van der Waals surface area contributed by atoms with Crippen molar-refractivity contribution in [3.8, 4) is 45.3 Å². The Hall–Kier alpha value is -6.19. The van der Waals surface area contributed by atoms with Crippen LogP contribution in [0.2, 0.25) is 0 Å². The van der Waals surface area contributed by atoms with Crippen molar-refractivity contribution in [2.24, 2.45) is 0 Å². The first-order valence-electron chi connectivity index (χ1n) is 16.9. The van der Waals surface area contributed by atoms with Gasteiger partial charge in [-0.3, -0.25) is 0 Å². The van der Waals surface area contributed by atoms with Crippen molar-refractivity contribution in [3.05, 3.63) is 163 Å². The van der Waals surface area contributed by atoms with Crippen molar-refractivity contribution >= 4 is 43.1 Å². The summed E-state index contributed by atoms with van der Waals surface area (Å²) >= 11 is 0. The van der Waals surface area contributed by atoms with Crippen LogP contribution < -0.4 is 0 Å². The third kappa shape index (κ3) is 4.32. The maximum Gasteiger partial charge on any atom is 0.164 e. The van der Waals surface area contributed by atoms with Crippen molar-refractivity contribution in [2.75, 3.05) is 0 Å². The number of aromatic nitrogens is 3. The fraction of sp³-hybridized carbons (Fsp3) is 0.0652. The van der Waals surface area contributed by atoms with Gasteiger partial charge in [0.1, 0.15) is 0 Å². The summed E-state index contributed by atoms with van der Waals surface area (Å²) < 4.78 is 0. The van der Waals surface area contributed by atoms with Gasteiger partial charge in [0.05, 0.1) is 0 Å². The number of nitrogens with zero attached hydrogens (tertiary/aromatic N) is 3. The Morgan fingerprint density at radius 1 is 0.388 bits per heavy atom. The number of fused-ring (bicyclic) bond motifs is 9. The van der Waals surface area contributed by atoms with Crippen molar-refractivity contribution in [1.29, 1.82) is 0 Å². The monoisotopic (exact) mass is 625 g/mol. The molecule has 49 heavy (non-hydrogen) atoms. The molecule has 0 bridgehead atoms. The van der Waals surface area contributed by atoms with Gasteiger partial charge in [0.2, 0.25) is 0 Å². The Bertz CT molecular complexity index is 2710. The largest absolute Gasteiger partial charge is 0.208 e. The number of hydrogen-bond donors (Lipinski definition) is 0. The van der Waals surface area contributed by atoms with E-state index in [2.05, 4.69) is 166 Å². The second-order valence-electron chi connectivity index (χ2n) is 13.7. The van der Waals surface area contributed by atoms with E-state index in [1.165, 1.54) is 54.6 Å². The van der Waals surface area contributed by atoms with Crippen molar-refractivity contribution in [1.82, 2.24) is 15.0 Å². The van der Waals surface area contributed by atoms with Crippen LogP contribution in [0.4, 0.5) is 0 Å². The van der Waals surface area contributed by atoms with E-state index in [4.69, 9.17) is 15.0 Å². The van der Waals surface area contributed by atoms with Gasteiger partial charge in [-0.25, -0.2) is 15.0 Å². The van der Waals surface area contributed by atoms with Crippen molar-refractivity contribution < 1.29 is 0 Å². The lowest BCUT2D eigenvalue weighted by Crippen LogP contribution is -2.14. The van der Waals surface area contributed by atoms with Gasteiger partial charge in [-0.2, -0.15) is 0 Å². The molecule has 3 heteroatoms. The third-order valence-corrected chi connectivity index (χ3v) is 10.5. The lowest BCUT2D eigenvalue weighted by atomic mass is 9.82. The molecular formula is C46H31N3. The number of benzene rings is 8. The summed E-state index contributed by atoms with van der Waals surface area (Å²) in [5.74, 6) is 1.98. The van der Waals surface area contributed by atoms with Crippen molar-refractivity contribution in [2.45, 2.75) is 19.3 Å². The number of hydrogen-bond acceptors (Lipinski definition) is 3. The van der Waals surface area contributed by atoms with E-state index in [-0.39, 0.29) is 5.41 Å². The molecule has 0 saturated carbocycles. The molecule has 1 aliphatic rings. The Morgan fingerprint density at radius 3 is 1.49 bits per heavy atom. The molecule has 0 atom stereocenters. The van der Waals surface area contributed by atoms with E-state index >= 15 is 0 Å². The zero-order valence-corrected chi connectivity index (χ0v) is 27.3. The van der Waals surface area contributed by atoms with Crippen LogP contribution in [0.3, 0.4) is 0 Å². The highest BCUT2D eigenvalue weighted by atomic mass is 15.0. The van der Waals surface area contributed by atoms with Gasteiger partial charge in [-0.1, -0.05) is 147 Å². The molecule has 9 aromatic rings. The van der Waals surface area contributed by atoms with E-state index < -0.39 is 0 Å². The van der Waals surface area contributed by atoms with Crippen LogP contribution in [0.1, 0.15) is 25.0 Å². The smallest absolute Gasteiger partial charge is 0.164 e. The molecule has 0 fully saturated rings. The Morgan fingerprint density at radius 2 is 0.857 bits per heavy atom. The highest BCUT2D eigenvalue weighted by Gasteiger charge is 2.36. The maximum absolute atomic E-state index is 5.16. The van der Waals surface area contributed by atoms with Crippen LogP contribution in [0, 0.1) is 0 Å². The van der Waals surface area contributed by atoms with Gasteiger partial charge in [-0.05, 0) is 83.5 Å². The summed E-state index contributed by atoms with van der Waals surface area (Å²) in [5, 5.41) is 9.62. The first kappa shape index (κ1) is 27.9. The average molecular weight is 626 g/mol. The molecule has 1 heterocycles. The first-order chi connectivity index (χ1) is 24.0. The fourth-order valence-electron chi connectivity index (χ4n) is 7.90. The summed E-state index contributed by atoms with van der Waals surface area (Å²) in [4.78, 5) is 15.4. The average Bonchev–Trinajstić information content (AvgIpc) is 3.39. The standard InChI is InChI=1S/C46H31N3/c1-46(2)39-14-8-7-13-37(39)42-40(46)24-23-31-19-17-30-18-22-36(27-38(30)41(31)42)45-48-43(34-20-15-28-9-3-5-11-32(28)25-34)47-44(49-45)35-21-16-29-10-4-6-12-33(29)26-35/h3-27H,1-2H3. The van der Waals surface area contributed by atoms with E-state index in [1.54, 1.807) is 0 Å². The minimum atomic E-state index is -0.0718. The molecule has 0 saturated heterocycles. The molecular weight excluding hydrogens is 595 g/mol. The first-order valence-corrected chi connectivity index (χ1v) is 16.9. The second kappa shape index (κ2) is 10.4. The summed E-state index contributed by atoms with van der Waals surface area (Å²) in [6, 6.07) is 54.3. The molecule has 0 N–H and O–H groups in total. The van der Waals surface area contributed by atoms with Crippen LogP contribution in [0.5, 0.6) is 0 Å². The normalized spacial score (nSPS) is 13.3. The summed E-state index contributed by atoms with van der Waals surface area (Å²) in [7, 11) is 0. The van der Waals surface area contributed by atoms with Gasteiger partial charge in [0.25, 0.3) is 0 Å². The summed E-state index contributed by atoms with van der Waals surface area (Å²) in [5.41, 5.74) is 8.24. The van der Waals surface area contributed by atoms with E-state index in [9.17, 15) is 0 Å². The molecule has 1 aromatic heterocycles. The van der Waals surface area contributed by atoms with Crippen molar-refractivity contribution in [3.63, 3.8) is 0 Å². The predicted octanol–water partition coefficient (Wildman–Crippen LogP) is 11.8. The van der Waals surface area contributed by atoms with Crippen LogP contribution >= 0.6 is 0 Å². The minimum Gasteiger partial charge on any atom is -0.208 e. The SMILES string of the molecule is CC1(C)c2ccccc2-c2c1ccc1ccc3ccc(-c4nc(-c5ccc6ccccc6c5)nc(-c5ccc6ccccc6c5)n4)cc3c21. The van der Waals surface area contributed by atoms with E-state index in [1.807, 2.05) is 0 Å². The highest BCUT2D eigenvalue weighted by Crippen LogP contribution is 2.52. The molecule has 0 radical (unpaired) electrons. The molecule has 0 unspecified atom stereocenters. The van der Waals surface area contributed by atoms with Gasteiger partial charge in [-0.15, -0.1) is 0 Å². The zero-order valence-electron chi connectivity index (χ0n) is 27.3. The molecule has 0 amide bonds. The van der Waals surface area contributed by atoms with Crippen LogP contribution in [-0.2, 0) is 5.41 Å². The molecule has 230 valence electrons. The molecule has 3 nitrogen and oxygen atoms in total. The lowest BCUT2D eigenvalue weighted by Gasteiger charge is -2.21. The highest BCUT2D eigenvalue weighted by molar-refractivity contribution is 6.17. The Balaban J connectivity index is 1.22. The molecule has 8 aromatic carbocycles. The summed E-state index contributed by atoms with van der Waals surface area (Å²) in [6.07, 6.45) is 0. The summed E-state index contributed by atoms with van der Waals surface area (Å²) in [6.45, 7) is 4.68. The molecule has 10 rings (SSSR count). The maximum atomic E-state index is 5.16. The topological polar surface area (TPSA) is 38.7 Å². The van der Waals surface area contributed by atoms with Gasteiger partial charge < -0.3 is 0 Å². The van der Waals surface area contributed by atoms with E-state index in [0.29, 0.717) is 17.5 Å². The molecule has 0 aliphatic heterocycles. The minimum absolute atomic E-state index is 0.0718. The van der Waals surface area contributed by atoms with Gasteiger partial charge in [0.15, 0.2) is 17.5 Å².